The molecule has 0 heterocycles. The van der Waals surface area contributed by atoms with E-state index in [4.69, 9.17) is 11.6 Å². The second-order valence-electron chi connectivity index (χ2n) is 5.49. The molecule has 0 atom stereocenters. The van der Waals surface area contributed by atoms with Crippen molar-refractivity contribution in [3.05, 3.63) is 59.1 Å². The third-order valence-corrected chi connectivity index (χ3v) is 3.97. The molecular weight excluding hydrogens is 356 g/mol. The van der Waals surface area contributed by atoms with Crippen LogP contribution in [-0.2, 0) is 14.3 Å². The first-order valence-corrected chi connectivity index (χ1v) is 8.31. The molecule has 0 unspecified atom stereocenters. The highest BCUT2D eigenvalue weighted by molar-refractivity contribution is 6.33. The Morgan fingerprint density at radius 3 is 2.50 bits per heavy atom. The van der Waals surface area contributed by atoms with Crippen molar-refractivity contribution in [2.75, 3.05) is 23.9 Å². The van der Waals surface area contributed by atoms with Gasteiger partial charge in [0, 0.05) is 25.6 Å². The number of anilines is 2. The van der Waals surface area contributed by atoms with Gasteiger partial charge in [0.2, 0.25) is 11.8 Å². The summed E-state index contributed by atoms with van der Waals surface area (Å²) in [5, 5.41) is 3.14. The number of nitrogens with zero attached hydrogens (tertiary/aromatic N) is 1. The molecule has 7 heteroatoms. The Bertz CT molecular complexity index is 823. The van der Waals surface area contributed by atoms with Crippen molar-refractivity contribution < 1.29 is 19.1 Å². The molecule has 2 rings (SSSR count). The first-order valence-electron chi connectivity index (χ1n) is 7.93. The van der Waals surface area contributed by atoms with Gasteiger partial charge in [0.05, 0.1) is 23.4 Å². The number of esters is 1. The average Bonchev–Trinajstić information content (AvgIpc) is 2.62. The molecule has 6 nitrogen and oxygen atoms in total. The largest absolute Gasteiger partial charge is 0.465 e. The van der Waals surface area contributed by atoms with Gasteiger partial charge in [-0.3, -0.25) is 9.59 Å². The molecule has 0 spiro atoms. The first-order chi connectivity index (χ1) is 12.4. The van der Waals surface area contributed by atoms with E-state index in [0.717, 1.165) is 0 Å². The highest BCUT2D eigenvalue weighted by Gasteiger charge is 2.16. The van der Waals surface area contributed by atoms with Crippen LogP contribution in [0.1, 0.15) is 23.7 Å². The van der Waals surface area contributed by atoms with E-state index in [1.807, 2.05) is 0 Å². The minimum Gasteiger partial charge on any atom is -0.465 e. The number of nitrogens with one attached hydrogen (secondary N) is 1. The minimum atomic E-state index is -0.484. The van der Waals surface area contributed by atoms with Gasteiger partial charge in [-0.15, -0.1) is 0 Å². The lowest BCUT2D eigenvalue weighted by molar-refractivity contribution is -0.117. The fourth-order valence-corrected chi connectivity index (χ4v) is 2.63. The van der Waals surface area contributed by atoms with Crippen molar-refractivity contribution in [2.45, 2.75) is 13.3 Å². The summed E-state index contributed by atoms with van der Waals surface area (Å²) >= 11 is 6.13. The van der Waals surface area contributed by atoms with Crippen LogP contribution in [0, 0.1) is 0 Å². The molecule has 1 N–H and O–H groups in total. The maximum Gasteiger partial charge on any atom is 0.337 e. The van der Waals surface area contributed by atoms with Crippen LogP contribution in [0.25, 0.3) is 0 Å². The summed E-state index contributed by atoms with van der Waals surface area (Å²) < 4.78 is 4.65. The summed E-state index contributed by atoms with van der Waals surface area (Å²) in [7, 11) is 1.29. The summed E-state index contributed by atoms with van der Waals surface area (Å²) in [5.74, 6) is -0.980. The number of hydrogen-bond donors (Lipinski definition) is 1. The van der Waals surface area contributed by atoms with E-state index >= 15 is 0 Å². The molecule has 0 saturated carbocycles. The van der Waals surface area contributed by atoms with Crippen molar-refractivity contribution in [1.82, 2.24) is 0 Å². The van der Waals surface area contributed by atoms with Crippen LogP contribution < -0.4 is 10.2 Å². The van der Waals surface area contributed by atoms with Crippen molar-refractivity contribution >= 4 is 40.8 Å². The van der Waals surface area contributed by atoms with Gasteiger partial charge < -0.3 is 15.0 Å². The number of carbonyl (C=O) groups is 3. The highest BCUT2D eigenvalue weighted by Crippen LogP contribution is 2.25. The molecule has 2 aromatic carbocycles. The van der Waals surface area contributed by atoms with Gasteiger partial charge >= 0.3 is 5.97 Å². The summed E-state index contributed by atoms with van der Waals surface area (Å²) in [6.45, 7) is 1.60. The van der Waals surface area contributed by atoms with Crippen LogP contribution in [0.3, 0.4) is 0 Å². The van der Waals surface area contributed by atoms with Crippen LogP contribution in [-0.4, -0.2) is 31.4 Å². The SMILES string of the molecule is COC(=O)c1cccc(NC(=O)CCN(C(C)=O)c2ccccc2Cl)c1. The quantitative estimate of drug-likeness (QED) is 0.785. The number of benzene rings is 2. The maximum absolute atomic E-state index is 12.2. The van der Waals surface area contributed by atoms with Gasteiger partial charge in [0.25, 0.3) is 0 Å². The fraction of sp³-hybridized carbons (Fsp3) is 0.211. The number of para-hydroxylation sites is 1. The molecule has 2 aromatic rings. The van der Waals surface area contributed by atoms with Crippen LogP contribution in [0.2, 0.25) is 5.02 Å². The second-order valence-corrected chi connectivity index (χ2v) is 5.90. The van der Waals surface area contributed by atoms with Crippen LogP contribution in [0.5, 0.6) is 0 Å². The molecule has 2 amide bonds. The van der Waals surface area contributed by atoms with E-state index in [2.05, 4.69) is 10.1 Å². The third-order valence-electron chi connectivity index (χ3n) is 3.65. The molecular formula is C19H19ClN2O4. The number of carbonyl (C=O) groups excluding carboxylic acids is 3. The van der Waals surface area contributed by atoms with Gasteiger partial charge in [0.15, 0.2) is 0 Å². The number of rotatable bonds is 6. The molecule has 0 aromatic heterocycles. The monoisotopic (exact) mass is 374 g/mol. The zero-order valence-corrected chi connectivity index (χ0v) is 15.2. The number of amides is 2. The van der Waals surface area contributed by atoms with Gasteiger partial charge in [-0.2, -0.15) is 0 Å². The lowest BCUT2D eigenvalue weighted by Gasteiger charge is -2.22. The zero-order chi connectivity index (χ0) is 19.1. The summed E-state index contributed by atoms with van der Waals surface area (Å²) in [4.78, 5) is 37.1. The minimum absolute atomic E-state index is 0.0766. The van der Waals surface area contributed by atoms with E-state index in [0.29, 0.717) is 22.0 Å². The van der Waals surface area contributed by atoms with E-state index in [1.54, 1.807) is 42.5 Å². The Balaban J connectivity index is 2.02. The Hall–Kier alpha value is -2.86. The summed E-state index contributed by atoms with van der Waals surface area (Å²) in [6.07, 6.45) is 0.0766. The molecule has 26 heavy (non-hydrogen) atoms. The molecule has 0 aliphatic heterocycles. The van der Waals surface area contributed by atoms with Crippen molar-refractivity contribution in [3.8, 4) is 0 Å². The Kier molecular flexibility index (Phi) is 6.74. The van der Waals surface area contributed by atoms with Crippen molar-refractivity contribution in [1.29, 1.82) is 0 Å². The highest BCUT2D eigenvalue weighted by atomic mass is 35.5. The maximum atomic E-state index is 12.2. The summed E-state index contributed by atoms with van der Waals surface area (Å²) in [5.41, 5.74) is 1.37. The third kappa shape index (κ3) is 5.07. The zero-order valence-electron chi connectivity index (χ0n) is 14.5. The second kappa shape index (κ2) is 9.01. The fourth-order valence-electron chi connectivity index (χ4n) is 2.40. The standard InChI is InChI=1S/C19H19ClN2O4/c1-13(23)22(17-9-4-3-8-16(17)20)11-10-18(24)21-15-7-5-6-14(12-15)19(25)26-2/h3-9,12H,10-11H2,1-2H3,(H,21,24). The number of methoxy groups -OCH3 is 1. The number of hydrogen-bond acceptors (Lipinski definition) is 4. The normalized spacial score (nSPS) is 10.1. The lowest BCUT2D eigenvalue weighted by atomic mass is 10.2. The summed E-state index contributed by atoms with van der Waals surface area (Å²) in [6, 6.07) is 13.4. The van der Waals surface area contributed by atoms with Crippen molar-refractivity contribution in [3.63, 3.8) is 0 Å². The first kappa shape index (κ1) is 19.5. The van der Waals surface area contributed by atoms with Crippen LogP contribution in [0.4, 0.5) is 11.4 Å². The number of halogens is 1. The molecule has 0 aliphatic rings. The smallest absolute Gasteiger partial charge is 0.337 e. The Morgan fingerprint density at radius 1 is 1.12 bits per heavy atom. The van der Waals surface area contributed by atoms with E-state index in [9.17, 15) is 14.4 Å². The molecule has 0 fully saturated rings. The predicted octanol–water partition coefficient (Wildman–Crippen LogP) is 3.51. The van der Waals surface area contributed by atoms with Gasteiger partial charge in [-0.05, 0) is 30.3 Å². The van der Waals surface area contributed by atoms with Gasteiger partial charge in [0.1, 0.15) is 0 Å². The van der Waals surface area contributed by atoms with Crippen LogP contribution in [0.15, 0.2) is 48.5 Å². The molecule has 136 valence electrons. The van der Waals surface area contributed by atoms with E-state index in [-0.39, 0.29) is 24.8 Å². The predicted molar refractivity (Wildman–Crippen MR) is 101 cm³/mol. The van der Waals surface area contributed by atoms with Gasteiger partial charge in [-0.25, -0.2) is 4.79 Å². The van der Waals surface area contributed by atoms with E-state index < -0.39 is 5.97 Å². The molecule has 0 radical (unpaired) electrons. The topological polar surface area (TPSA) is 75.7 Å². The number of ether oxygens (including phenoxy) is 1. The average molecular weight is 375 g/mol. The van der Waals surface area contributed by atoms with Crippen molar-refractivity contribution in [2.24, 2.45) is 0 Å². The molecule has 0 bridgehead atoms. The van der Waals surface area contributed by atoms with E-state index in [1.165, 1.54) is 25.0 Å². The van der Waals surface area contributed by atoms with Gasteiger partial charge in [-0.1, -0.05) is 29.8 Å². The Labute approximate surface area is 156 Å². The van der Waals surface area contributed by atoms with Crippen LogP contribution >= 0.6 is 11.6 Å². The molecule has 0 saturated heterocycles. The molecule has 0 aliphatic carbocycles. The lowest BCUT2D eigenvalue weighted by Crippen LogP contribution is -2.32. The Morgan fingerprint density at radius 2 is 1.85 bits per heavy atom.